The van der Waals surface area contributed by atoms with E-state index in [0.29, 0.717) is 6.61 Å². The van der Waals surface area contributed by atoms with E-state index >= 15 is 0 Å². The second kappa shape index (κ2) is 7.83. The van der Waals surface area contributed by atoms with Crippen molar-refractivity contribution in [2.24, 2.45) is 0 Å². The second-order valence-electron chi connectivity index (χ2n) is 6.05. The highest BCUT2D eigenvalue weighted by molar-refractivity contribution is 5.77. The molecule has 0 aliphatic rings. The lowest BCUT2D eigenvalue weighted by atomic mass is 10.3. The summed E-state index contributed by atoms with van der Waals surface area (Å²) in [7, 11) is 0. The molecule has 3 aromatic rings. The Morgan fingerprint density at radius 1 is 1.16 bits per heavy atom. The van der Waals surface area contributed by atoms with Gasteiger partial charge in [0.1, 0.15) is 11.6 Å². The Morgan fingerprint density at radius 2 is 1.88 bits per heavy atom. The molecule has 1 unspecified atom stereocenters. The molecule has 0 aliphatic carbocycles. The zero-order valence-electron chi connectivity index (χ0n) is 14.6. The SMILES string of the molecule is CC(=O)NC(C)c1nc2ccccc2n1CCCOc1ccccc1. The first-order valence-corrected chi connectivity index (χ1v) is 8.55. The topological polar surface area (TPSA) is 56.2 Å². The van der Waals surface area contributed by atoms with Crippen LogP contribution in [0.1, 0.15) is 32.1 Å². The molecular formula is C20H23N3O2. The molecule has 1 N–H and O–H groups in total. The van der Waals surface area contributed by atoms with E-state index in [2.05, 4.69) is 16.0 Å². The summed E-state index contributed by atoms with van der Waals surface area (Å²) in [5, 5.41) is 2.92. The van der Waals surface area contributed by atoms with Crippen molar-refractivity contribution in [2.75, 3.05) is 6.61 Å². The van der Waals surface area contributed by atoms with Crippen LogP contribution in [-0.2, 0) is 11.3 Å². The minimum absolute atomic E-state index is 0.0569. The van der Waals surface area contributed by atoms with Crippen LogP contribution in [0.3, 0.4) is 0 Å². The van der Waals surface area contributed by atoms with E-state index in [1.54, 1.807) is 0 Å². The fourth-order valence-corrected chi connectivity index (χ4v) is 2.96. The number of nitrogens with zero attached hydrogens (tertiary/aromatic N) is 2. The van der Waals surface area contributed by atoms with Gasteiger partial charge in [-0.25, -0.2) is 4.98 Å². The van der Waals surface area contributed by atoms with Gasteiger partial charge in [-0.1, -0.05) is 30.3 Å². The number of carbonyl (C=O) groups excluding carboxylic acids is 1. The summed E-state index contributed by atoms with van der Waals surface area (Å²) >= 11 is 0. The molecule has 3 rings (SSSR count). The number of fused-ring (bicyclic) bond motifs is 1. The van der Waals surface area contributed by atoms with E-state index < -0.39 is 0 Å². The molecule has 1 aromatic heterocycles. The van der Waals surface area contributed by atoms with Gasteiger partial charge in [0.2, 0.25) is 5.91 Å². The predicted octanol–water partition coefficient (Wildman–Crippen LogP) is 3.70. The number of carbonyl (C=O) groups is 1. The van der Waals surface area contributed by atoms with E-state index in [-0.39, 0.29) is 11.9 Å². The number of nitrogens with one attached hydrogen (secondary N) is 1. The fraction of sp³-hybridized carbons (Fsp3) is 0.300. The van der Waals surface area contributed by atoms with Crippen molar-refractivity contribution in [2.45, 2.75) is 32.9 Å². The molecule has 5 nitrogen and oxygen atoms in total. The molecule has 130 valence electrons. The third-order valence-corrected chi connectivity index (χ3v) is 4.03. The van der Waals surface area contributed by atoms with E-state index in [0.717, 1.165) is 35.6 Å². The maximum Gasteiger partial charge on any atom is 0.217 e. The molecule has 0 saturated heterocycles. The van der Waals surface area contributed by atoms with Crippen molar-refractivity contribution >= 4 is 16.9 Å². The van der Waals surface area contributed by atoms with E-state index in [4.69, 9.17) is 9.72 Å². The number of aromatic nitrogens is 2. The third kappa shape index (κ3) is 4.18. The molecule has 2 aromatic carbocycles. The van der Waals surface area contributed by atoms with E-state index in [1.807, 2.05) is 55.5 Å². The number of para-hydroxylation sites is 3. The number of hydrogen-bond acceptors (Lipinski definition) is 3. The van der Waals surface area contributed by atoms with Crippen LogP contribution < -0.4 is 10.1 Å². The lowest BCUT2D eigenvalue weighted by molar-refractivity contribution is -0.119. The van der Waals surface area contributed by atoms with Crippen LogP contribution >= 0.6 is 0 Å². The van der Waals surface area contributed by atoms with E-state index in [1.165, 1.54) is 6.92 Å². The Morgan fingerprint density at radius 3 is 2.64 bits per heavy atom. The van der Waals surface area contributed by atoms with Gasteiger partial charge in [0.15, 0.2) is 0 Å². The van der Waals surface area contributed by atoms with Crippen LogP contribution in [0, 0.1) is 0 Å². The Hall–Kier alpha value is -2.82. The minimum Gasteiger partial charge on any atom is -0.494 e. The average molecular weight is 337 g/mol. The summed E-state index contributed by atoms with van der Waals surface area (Å²) in [6.07, 6.45) is 0.856. The van der Waals surface area contributed by atoms with Crippen molar-refractivity contribution in [3.05, 3.63) is 60.4 Å². The highest BCUT2D eigenvalue weighted by atomic mass is 16.5. The van der Waals surface area contributed by atoms with Gasteiger partial charge in [0.25, 0.3) is 0 Å². The Kier molecular flexibility index (Phi) is 5.33. The monoisotopic (exact) mass is 337 g/mol. The molecule has 0 fully saturated rings. The summed E-state index contributed by atoms with van der Waals surface area (Å²) in [4.78, 5) is 16.1. The Balaban J connectivity index is 1.73. The normalized spacial score (nSPS) is 12.1. The lowest BCUT2D eigenvalue weighted by Crippen LogP contribution is -2.26. The molecule has 0 spiro atoms. The quantitative estimate of drug-likeness (QED) is 0.669. The highest BCUT2D eigenvalue weighted by Crippen LogP contribution is 2.21. The van der Waals surface area contributed by atoms with Crippen molar-refractivity contribution in [3.63, 3.8) is 0 Å². The second-order valence-corrected chi connectivity index (χ2v) is 6.05. The molecule has 25 heavy (non-hydrogen) atoms. The first-order chi connectivity index (χ1) is 12.1. The summed E-state index contributed by atoms with van der Waals surface area (Å²) in [6, 6.07) is 17.7. The van der Waals surface area contributed by atoms with Crippen molar-refractivity contribution in [1.82, 2.24) is 14.9 Å². The maximum absolute atomic E-state index is 11.4. The van der Waals surface area contributed by atoms with Crippen LogP contribution in [0.25, 0.3) is 11.0 Å². The maximum atomic E-state index is 11.4. The number of imidazole rings is 1. The van der Waals surface area contributed by atoms with Crippen LogP contribution in [0.5, 0.6) is 5.75 Å². The number of aryl methyl sites for hydroxylation is 1. The van der Waals surface area contributed by atoms with Gasteiger partial charge >= 0.3 is 0 Å². The average Bonchev–Trinajstić information content (AvgIpc) is 2.98. The summed E-state index contributed by atoms with van der Waals surface area (Å²) in [5.41, 5.74) is 2.02. The summed E-state index contributed by atoms with van der Waals surface area (Å²) in [5.74, 6) is 1.69. The van der Waals surface area contributed by atoms with Crippen LogP contribution in [0.15, 0.2) is 54.6 Å². The van der Waals surface area contributed by atoms with Gasteiger partial charge in [-0.05, 0) is 37.6 Å². The summed E-state index contributed by atoms with van der Waals surface area (Å²) in [6.45, 7) is 4.90. The fourth-order valence-electron chi connectivity index (χ4n) is 2.96. The van der Waals surface area contributed by atoms with Crippen LogP contribution in [-0.4, -0.2) is 22.1 Å². The van der Waals surface area contributed by atoms with Gasteiger partial charge < -0.3 is 14.6 Å². The standard InChI is InChI=1S/C20H23N3O2/c1-15(21-16(2)24)20-22-18-11-6-7-12-19(18)23(20)13-8-14-25-17-9-4-3-5-10-17/h3-7,9-12,15H,8,13-14H2,1-2H3,(H,21,24). The molecule has 1 heterocycles. The van der Waals surface area contributed by atoms with Crippen molar-refractivity contribution in [1.29, 1.82) is 0 Å². The Labute approximate surface area is 147 Å². The largest absolute Gasteiger partial charge is 0.494 e. The summed E-state index contributed by atoms with van der Waals surface area (Å²) < 4.78 is 7.95. The first-order valence-electron chi connectivity index (χ1n) is 8.55. The number of rotatable bonds is 7. The molecule has 0 bridgehead atoms. The van der Waals surface area contributed by atoms with Gasteiger partial charge in [-0.3, -0.25) is 4.79 Å². The van der Waals surface area contributed by atoms with Gasteiger partial charge in [-0.15, -0.1) is 0 Å². The van der Waals surface area contributed by atoms with Gasteiger partial charge in [-0.2, -0.15) is 0 Å². The number of benzene rings is 2. The molecular weight excluding hydrogens is 314 g/mol. The number of hydrogen-bond donors (Lipinski definition) is 1. The molecule has 0 radical (unpaired) electrons. The molecule has 0 aliphatic heterocycles. The molecule has 1 amide bonds. The zero-order valence-corrected chi connectivity index (χ0v) is 14.6. The first kappa shape index (κ1) is 17.0. The van der Waals surface area contributed by atoms with Crippen LogP contribution in [0.2, 0.25) is 0 Å². The Bertz CT molecular complexity index is 843. The predicted molar refractivity (Wildman–Crippen MR) is 98.5 cm³/mol. The third-order valence-electron chi connectivity index (χ3n) is 4.03. The highest BCUT2D eigenvalue weighted by Gasteiger charge is 2.16. The zero-order chi connectivity index (χ0) is 17.6. The number of ether oxygens (including phenoxy) is 1. The molecule has 5 heteroatoms. The number of amides is 1. The van der Waals surface area contributed by atoms with Gasteiger partial charge in [0, 0.05) is 13.5 Å². The van der Waals surface area contributed by atoms with Crippen molar-refractivity contribution in [3.8, 4) is 5.75 Å². The van der Waals surface area contributed by atoms with E-state index in [9.17, 15) is 4.79 Å². The smallest absolute Gasteiger partial charge is 0.217 e. The minimum atomic E-state index is -0.139. The lowest BCUT2D eigenvalue weighted by Gasteiger charge is -2.15. The van der Waals surface area contributed by atoms with Gasteiger partial charge in [0.05, 0.1) is 23.7 Å². The van der Waals surface area contributed by atoms with Crippen LogP contribution in [0.4, 0.5) is 0 Å². The molecule has 1 atom stereocenters. The van der Waals surface area contributed by atoms with Crippen molar-refractivity contribution < 1.29 is 9.53 Å². The molecule has 0 saturated carbocycles.